The maximum Gasteiger partial charge on any atom is 0.240 e. The molecule has 114 valence electrons. The highest BCUT2D eigenvalue weighted by Gasteiger charge is 2.15. The summed E-state index contributed by atoms with van der Waals surface area (Å²) in [6, 6.07) is 4.73. The Kier molecular flexibility index (Phi) is 6.29. The van der Waals surface area contributed by atoms with Gasteiger partial charge in [0.05, 0.1) is 5.69 Å². The quantitative estimate of drug-likeness (QED) is 0.642. The van der Waals surface area contributed by atoms with E-state index in [2.05, 4.69) is 19.2 Å². The van der Waals surface area contributed by atoms with Crippen LogP contribution in [0.5, 0.6) is 0 Å². The zero-order chi connectivity index (χ0) is 15.2. The third-order valence-corrected chi connectivity index (χ3v) is 4.39. The molecule has 0 fully saturated rings. The zero-order valence-corrected chi connectivity index (χ0v) is 13.0. The molecule has 5 nitrogen and oxygen atoms in total. The van der Waals surface area contributed by atoms with E-state index in [1.807, 2.05) is 0 Å². The predicted molar refractivity (Wildman–Crippen MR) is 84.0 cm³/mol. The summed E-state index contributed by atoms with van der Waals surface area (Å²) in [7, 11) is -3.77. The molecule has 0 amide bonds. The van der Waals surface area contributed by atoms with Gasteiger partial charge in [-0.05, 0) is 30.5 Å². The predicted octanol–water partition coefficient (Wildman–Crippen LogP) is 2.54. The van der Waals surface area contributed by atoms with Crippen LogP contribution in [-0.4, -0.2) is 15.0 Å². The molecule has 0 saturated heterocycles. The van der Waals surface area contributed by atoms with Gasteiger partial charge in [-0.1, -0.05) is 33.1 Å². The molecule has 0 saturated carbocycles. The molecular formula is C14H25N3O2S. The van der Waals surface area contributed by atoms with Crippen LogP contribution in [0.15, 0.2) is 23.1 Å². The molecule has 6 heteroatoms. The first kappa shape index (κ1) is 16.8. The van der Waals surface area contributed by atoms with Crippen molar-refractivity contribution in [1.29, 1.82) is 0 Å². The molecule has 1 unspecified atom stereocenters. The Labute approximate surface area is 121 Å². The molecule has 0 aliphatic rings. The van der Waals surface area contributed by atoms with E-state index in [-0.39, 0.29) is 4.90 Å². The molecule has 1 atom stereocenters. The highest BCUT2D eigenvalue weighted by molar-refractivity contribution is 7.89. The highest BCUT2D eigenvalue weighted by Crippen LogP contribution is 2.24. The average molecular weight is 299 g/mol. The molecule has 0 aromatic heterocycles. The van der Waals surface area contributed by atoms with Gasteiger partial charge in [0.15, 0.2) is 0 Å². The van der Waals surface area contributed by atoms with E-state index >= 15 is 0 Å². The van der Waals surface area contributed by atoms with Gasteiger partial charge in [0.1, 0.15) is 4.90 Å². The Morgan fingerprint density at radius 2 is 2.00 bits per heavy atom. The molecule has 5 N–H and O–H groups in total. The minimum absolute atomic E-state index is 0.0582. The van der Waals surface area contributed by atoms with E-state index in [1.165, 1.54) is 18.9 Å². The van der Waals surface area contributed by atoms with Gasteiger partial charge in [-0.3, -0.25) is 0 Å². The van der Waals surface area contributed by atoms with Crippen molar-refractivity contribution in [2.45, 2.75) is 44.4 Å². The largest absolute Gasteiger partial charge is 0.399 e. The van der Waals surface area contributed by atoms with Crippen LogP contribution < -0.4 is 16.2 Å². The van der Waals surface area contributed by atoms with Crippen LogP contribution in [0.2, 0.25) is 0 Å². The topological polar surface area (TPSA) is 98.2 Å². The van der Waals surface area contributed by atoms with Crippen LogP contribution in [0.1, 0.15) is 39.5 Å². The summed E-state index contributed by atoms with van der Waals surface area (Å²) in [6.45, 7) is 5.05. The standard InChI is InChI=1S/C14H25N3O2S/c1-3-5-6-11(4-2)10-17-13-8-7-12(15)9-14(13)20(16,18)19/h7-9,11,17H,3-6,10,15H2,1-2H3,(H2,16,18,19). The van der Waals surface area contributed by atoms with Crippen molar-refractivity contribution in [3.63, 3.8) is 0 Å². The number of sulfonamides is 1. The van der Waals surface area contributed by atoms with Gasteiger partial charge < -0.3 is 11.1 Å². The van der Waals surface area contributed by atoms with Crippen molar-refractivity contribution in [2.75, 3.05) is 17.6 Å². The van der Waals surface area contributed by atoms with Gasteiger partial charge in [0.25, 0.3) is 0 Å². The number of anilines is 2. The minimum atomic E-state index is -3.77. The monoisotopic (exact) mass is 299 g/mol. The summed E-state index contributed by atoms with van der Waals surface area (Å²) in [5.41, 5.74) is 6.54. The lowest BCUT2D eigenvalue weighted by Crippen LogP contribution is -2.18. The van der Waals surface area contributed by atoms with E-state index in [0.29, 0.717) is 17.3 Å². The fourth-order valence-electron chi connectivity index (χ4n) is 2.12. The van der Waals surface area contributed by atoms with E-state index in [4.69, 9.17) is 10.9 Å². The van der Waals surface area contributed by atoms with Crippen molar-refractivity contribution in [3.8, 4) is 0 Å². The molecule has 1 aromatic rings. The van der Waals surface area contributed by atoms with Crippen LogP contribution >= 0.6 is 0 Å². The lowest BCUT2D eigenvalue weighted by molar-refractivity contribution is 0.472. The Balaban J connectivity index is 2.82. The number of nitrogen functional groups attached to an aromatic ring is 1. The summed E-state index contributed by atoms with van der Waals surface area (Å²) < 4.78 is 23.1. The molecule has 1 aromatic carbocycles. The van der Waals surface area contributed by atoms with Crippen molar-refractivity contribution in [1.82, 2.24) is 0 Å². The van der Waals surface area contributed by atoms with Crippen LogP contribution in [0.25, 0.3) is 0 Å². The second-order valence-electron chi connectivity index (χ2n) is 5.10. The van der Waals surface area contributed by atoms with Crippen LogP contribution in [0.3, 0.4) is 0 Å². The third-order valence-electron chi connectivity index (χ3n) is 3.44. The summed E-state index contributed by atoms with van der Waals surface area (Å²) in [4.78, 5) is 0.0582. The molecule has 0 aliphatic carbocycles. The number of unbranched alkanes of at least 4 members (excludes halogenated alkanes) is 1. The van der Waals surface area contributed by atoms with Gasteiger partial charge in [0.2, 0.25) is 10.0 Å². The molecular weight excluding hydrogens is 274 g/mol. The molecule has 0 heterocycles. The Hall–Kier alpha value is -1.27. The number of rotatable bonds is 8. The molecule has 0 bridgehead atoms. The van der Waals surface area contributed by atoms with Crippen LogP contribution in [-0.2, 0) is 10.0 Å². The van der Waals surface area contributed by atoms with Crippen molar-refractivity contribution in [2.24, 2.45) is 11.1 Å². The summed E-state index contributed by atoms with van der Waals surface area (Å²) in [5, 5.41) is 8.41. The lowest BCUT2D eigenvalue weighted by Gasteiger charge is -2.17. The van der Waals surface area contributed by atoms with E-state index in [9.17, 15) is 8.42 Å². The Bertz CT molecular complexity index is 529. The molecule has 0 aliphatic heterocycles. The maximum atomic E-state index is 11.6. The average Bonchev–Trinajstić information content (AvgIpc) is 2.39. The molecule has 20 heavy (non-hydrogen) atoms. The number of hydrogen-bond donors (Lipinski definition) is 3. The smallest absolute Gasteiger partial charge is 0.240 e. The SMILES string of the molecule is CCCCC(CC)CNc1ccc(N)cc1S(N)(=O)=O. The Morgan fingerprint density at radius 3 is 2.55 bits per heavy atom. The van der Waals surface area contributed by atoms with Crippen LogP contribution in [0.4, 0.5) is 11.4 Å². The maximum absolute atomic E-state index is 11.6. The molecule has 1 rings (SSSR count). The van der Waals surface area contributed by atoms with E-state index < -0.39 is 10.0 Å². The third kappa shape index (κ3) is 5.02. The second-order valence-corrected chi connectivity index (χ2v) is 6.63. The van der Waals surface area contributed by atoms with Crippen molar-refractivity contribution in [3.05, 3.63) is 18.2 Å². The van der Waals surface area contributed by atoms with Gasteiger partial charge in [-0.15, -0.1) is 0 Å². The summed E-state index contributed by atoms with van der Waals surface area (Å²) in [6.07, 6.45) is 4.55. The fraction of sp³-hybridized carbons (Fsp3) is 0.571. The number of hydrogen-bond acceptors (Lipinski definition) is 4. The first-order valence-electron chi connectivity index (χ1n) is 7.04. The first-order valence-corrected chi connectivity index (χ1v) is 8.59. The van der Waals surface area contributed by atoms with E-state index in [1.54, 1.807) is 12.1 Å². The number of nitrogens with two attached hydrogens (primary N) is 2. The summed E-state index contributed by atoms with van der Waals surface area (Å²) >= 11 is 0. The van der Waals surface area contributed by atoms with E-state index in [0.717, 1.165) is 19.4 Å². The van der Waals surface area contributed by atoms with Gasteiger partial charge in [-0.25, -0.2) is 13.6 Å². The highest BCUT2D eigenvalue weighted by atomic mass is 32.2. The fourth-order valence-corrected chi connectivity index (χ4v) is 2.87. The molecule has 0 radical (unpaired) electrons. The Morgan fingerprint density at radius 1 is 1.30 bits per heavy atom. The number of benzene rings is 1. The van der Waals surface area contributed by atoms with Crippen molar-refractivity contribution >= 4 is 21.4 Å². The number of primary sulfonamides is 1. The van der Waals surface area contributed by atoms with Gasteiger partial charge >= 0.3 is 0 Å². The first-order chi connectivity index (χ1) is 9.38. The number of nitrogens with one attached hydrogen (secondary N) is 1. The van der Waals surface area contributed by atoms with Crippen molar-refractivity contribution < 1.29 is 8.42 Å². The molecule has 0 spiro atoms. The lowest BCUT2D eigenvalue weighted by atomic mass is 9.99. The van der Waals surface area contributed by atoms with Crippen LogP contribution in [0, 0.1) is 5.92 Å². The van der Waals surface area contributed by atoms with Gasteiger partial charge in [-0.2, -0.15) is 0 Å². The zero-order valence-electron chi connectivity index (χ0n) is 12.2. The normalized spacial score (nSPS) is 13.2. The summed E-state index contributed by atoms with van der Waals surface area (Å²) in [5.74, 6) is 0.529. The minimum Gasteiger partial charge on any atom is -0.399 e. The second kappa shape index (κ2) is 7.50. The van der Waals surface area contributed by atoms with Gasteiger partial charge in [0, 0.05) is 12.2 Å².